The topological polar surface area (TPSA) is 89.4 Å². The van der Waals surface area contributed by atoms with E-state index in [1.807, 2.05) is 18.2 Å². The van der Waals surface area contributed by atoms with Gasteiger partial charge in [0.25, 0.3) is 0 Å². The average Bonchev–Trinajstić information content (AvgIpc) is 2.88. The van der Waals surface area contributed by atoms with E-state index in [0.717, 1.165) is 35.6 Å². The number of nitrogen functional groups attached to an aromatic ring is 1. The molecule has 2 atom stereocenters. The fourth-order valence-corrected chi connectivity index (χ4v) is 3.38. The quantitative estimate of drug-likeness (QED) is 0.732. The molecule has 0 amide bonds. The van der Waals surface area contributed by atoms with Crippen molar-refractivity contribution in [3.8, 4) is 5.75 Å². The molecule has 2 aromatic heterocycles. The number of furan rings is 1. The highest BCUT2D eigenvalue weighted by Gasteiger charge is 2.47. The van der Waals surface area contributed by atoms with E-state index in [1.165, 1.54) is 0 Å². The Hall–Kier alpha value is -2.54. The number of nitrogens with one attached hydrogen (secondary N) is 1. The molecular formula is C15H15N5O2. The number of fused-ring (bicyclic) bond motifs is 4. The smallest absolute Gasteiger partial charge is 0.222 e. The maximum atomic E-state index is 6.02. The molecule has 5 rings (SSSR count). The first-order chi connectivity index (χ1) is 10.8. The molecular weight excluding hydrogens is 282 g/mol. The number of rotatable bonds is 2. The summed E-state index contributed by atoms with van der Waals surface area (Å²) in [6.07, 6.45) is 0. The van der Waals surface area contributed by atoms with Gasteiger partial charge in [0, 0.05) is 19.1 Å². The van der Waals surface area contributed by atoms with Crippen molar-refractivity contribution in [2.45, 2.75) is 12.1 Å². The van der Waals surface area contributed by atoms with E-state index in [9.17, 15) is 0 Å². The van der Waals surface area contributed by atoms with Gasteiger partial charge in [-0.2, -0.15) is 4.98 Å². The number of nitrogens with two attached hydrogens (primary N) is 1. The van der Waals surface area contributed by atoms with Crippen LogP contribution in [0.5, 0.6) is 5.75 Å². The second kappa shape index (κ2) is 4.01. The summed E-state index contributed by atoms with van der Waals surface area (Å²) in [7, 11) is 1.64. The predicted molar refractivity (Wildman–Crippen MR) is 83.2 cm³/mol. The van der Waals surface area contributed by atoms with Crippen molar-refractivity contribution in [3.05, 3.63) is 18.2 Å². The van der Waals surface area contributed by atoms with Gasteiger partial charge in [-0.15, -0.1) is 0 Å². The SMILES string of the molecule is COc1cccc2oc3c(N4CC5NC[C@@H]54)nc(N)nc3c12. The van der Waals surface area contributed by atoms with Gasteiger partial charge in [0.2, 0.25) is 5.95 Å². The third kappa shape index (κ3) is 1.38. The molecule has 0 radical (unpaired) electrons. The largest absolute Gasteiger partial charge is 0.496 e. The Balaban J connectivity index is 1.80. The molecule has 2 fully saturated rings. The summed E-state index contributed by atoms with van der Waals surface area (Å²) < 4.78 is 11.5. The number of hydrogen-bond acceptors (Lipinski definition) is 7. The highest BCUT2D eigenvalue weighted by Crippen LogP contribution is 2.40. The fraction of sp³-hybridized carbons (Fsp3) is 0.333. The van der Waals surface area contributed by atoms with Crippen molar-refractivity contribution in [2.24, 2.45) is 0 Å². The molecule has 22 heavy (non-hydrogen) atoms. The van der Waals surface area contributed by atoms with E-state index < -0.39 is 0 Å². The van der Waals surface area contributed by atoms with Crippen molar-refractivity contribution in [3.63, 3.8) is 0 Å². The Kier molecular flexibility index (Phi) is 2.20. The van der Waals surface area contributed by atoms with E-state index >= 15 is 0 Å². The van der Waals surface area contributed by atoms with Gasteiger partial charge in [0.15, 0.2) is 11.4 Å². The first-order valence-electron chi connectivity index (χ1n) is 7.29. The molecule has 7 nitrogen and oxygen atoms in total. The first-order valence-corrected chi connectivity index (χ1v) is 7.29. The molecule has 2 aliphatic rings. The lowest BCUT2D eigenvalue weighted by molar-refractivity contribution is 0.212. The Morgan fingerprint density at radius 3 is 3.00 bits per heavy atom. The third-order valence-electron chi connectivity index (χ3n) is 4.64. The van der Waals surface area contributed by atoms with Crippen LogP contribution in [0.4, 0.5) is 11.8 Å². The van der Waals surface area contributed by atoms with Crippen molar-refractivity contribution < 1.29 is 9.15 Å². The summed E-state index contributed by atoms with van der Waals surface area (Å²) in [4.78, 5) is 11.0. The lowest BCUT2D eigenvalue weighted by Crippen LogP contribution is -2.78. The Morgan fingerprint density at radius 2 is 2.32 bits per heavy atom. The summed E-state index contributed by atoms with van der Waals surface area (Å²) in [5, 5.41) is 4.23. The van der Waals surface area contributed by atoms with Crippen LogP contribution in [0.1, 0.15) is 0 Å². The van der Waals surface area contributed by atoms with Gasteiger partial charge in [0.05, 0.1) is 18.5 Å². The average molecular weight is 297 g/mol. The highest BCUT2D eigenvalue weighted by molar-refractivity contribution is 6.09. The molecule has 2 saturated heterocycles. The fourth-order valence-electron chi connectivity index (χ4n) is 3.38. The summed E-state index contributed by atoms with van der Waals surface area (Å²) >= 11 is 0. The standard InChI is InChI=1S/C15H15N5O2/c1-21-9-3-2-4-10-11(9)12-13(22-10)14(19-15(16)18-12)20-6-7-8(20)5-17-7/h2-4,7-8,17H,5-6H2,1H3,(H2,16,18,19)/t7?,8-/m0/s1. The monoisotopic (exact) mass is 297 g/mol. The molecule has 112 valence electrons. The van der Waals surface area contributed by atoms with Crippen LogP contribution in [0.3, 0.4) is 0 Å². The Labute approximate surface area is 126 Å². The molecule has 3 N–H and O–H groups in total. The van der Waals surface area contributed by atoms with Gasteiger partial charge in [-0.05, 0) is 12.1 Å². The molecule has 0 bridgehead atoms. The maximum Gasteiger partial charge on any atom is 0.222 e. The molecule has 1 unspecified atom stereocenters. The van der Waals surface area contributed by atoms with E-state index in [4.69, 9.17) is 14.9 Å². The maximum absolute atomic E-state index is 6.02. The van der Waals surface area contributed by atoms with E-state index in [-0.39, 0.29) is 5.95 Å². The van der Waals surface area contributed by atoms with Gasteiger partial charge >= 0.3 is 0 Å². The van der Waals surface area contributed by atoms with Crippen LogP contribution in [-0.2, 0) is 0 Å². The predicted octanol–water partition coefficient (Wildman–Crippen LogP) is 1.13. The molecule has 4 heterocycles. The molecule has 2 aliphatic heterocycles. The van der Waals surface area contributed by atoms with Crippen LogP contribution in [0.2, 0.25) is 0 Å². The molecule has 7 heteroatoms. The zero-order valence-electron chi connectivity index (χ0n) is 12.0. The number of hydrogen-bond donors (Lipinski definition) is 2. The molecule has 0 aliphatic carbocycles. The van der Waals surface area contributed by atoms with Gasteiger partial charge in [-0.1, -0.05) is 6.07 Å². The summed E-state index contributed by atoms with van der Waals surface area (Å²) in [6.45, 7) is 1.89. The zero-order valence-corrected chi connectivity index (χ0v) is 12.0. The minimum absolute atomic E-state index is 0.256. The Bertz CT molecular complexity index is 906. The van der Waals surface area contributed by atoms with E-state index in [2.05, 4.69) is 20.2 Å². The third-order valence-corrected chi connectivity index (χ3v) is 4.64. The lowest BCUT2D eigenvalue weighted by atomic mass is 9.89. The second-order valence-electron chi connectivity index (χ2n) is 5.75. The highest BCUT2D eigenvalue weighted by atomic mass is 16.5. The van der Waals surface area contributed by atoms with Gasteiger partial charge in [-0.25, -0.2) is 4.98 Å². The van der Waals surface area contributed by atoms with Gasteiger partial charge < -0.3 is 25.1 Å². The molecule has 3 aromatic rings. The minimum atomic E-state index is 0.256. The number of aromatic nitrogens is 2. The molecule has 1 aromatic carbocycles. The summed E-state index contributed by atoms with van der Waals surface area (Å²) in [5.74, 6) is 1.77. The van der Waals surface area contributed by atoms with Crippen molar-refractivity contribution >= 4 is 33.8 Å². The van der Waals surface area contributed by atoms with Crippen molar-refractivity contribution in [1.29, 1.82) is 0 Å². The van der Waals surface area contributed by atoms with Crippen LogP contribution in [0.25, 0.3) is 22.1 Å². The summed E-state index contributed by atoms with van der Waals surface area (Å²) in [6, 6.07) is 6.74. The minimum Gasteiger partial charge on any atom is -0.496 e. The van der Waals surface area contributed by atoms with Crippen LogP contribution < -0.4 is 20.7 Å². The van der Waals surface area contributed by atoms with E-state index in [0.29, 0.717) is 23.2 Å². The number of methoxy groups -OCH3 is 1. The summed E-state index contributed by atoms with van der Waals surface area (Å²) in [5.41, 5.74) is 8.06. The lowest BCUT2D eigenvalue weighted by Gasteiger charge is -2.56. The number of anilines is 2. The zero-order chi connectivity index (χ0) is 14.8. The number of nitrogens with zero attached hydrogens (tertiary/aromatic N) is 3. The van der Waals surface area contributed by atoms with E-state index in [1.54, 1.807) is 7.11 Å². The normalized spacial score (nSPS) is 23.2. The van der Waals surface area contributed by atoms with Crippen LogP contribution in [0, 0.1) is 0 Å². The molecule has 0 saturated carbocycles. The van der Waals surface area contributed by atoms with Crippen molar-refractivity contribution in [2.75, 3.05) is 30.8 Å². The number of piperazine rings is 1. The van der Waals surface area contributed by atoms with Crippen molar-refractivity contribution in [1.82, 2.24) is 15.3 Å². The van der Waals surface area contributed by atoms with Crippen LogP contribution in [0.15, 0.2) is 22.6 Å². The second-order valence-corrected chi connectivity index (χ2v) is 5.75. The van der Waals surface area contributed by atoms with Crippen LogP contribution in [-0.4, -0.2) is 42.3 Å². The van der Waals surface area contributed by atoms with Gasteiger partial charge in [0.1, 0.15) is 16.8 Å². The first kappa shape index (κ1) is 12.0. The number of ether oxygens (including phenoxy) is 1. The Morgan fingerprint density at radius 1 is 1.41 bits per heavy atom. The van der Waals surface area contributed by atoms with Gasteiger partial charge in [-0.3, -0.25) is 0 Å². The number of benzene rings is 1. The van der Waals surface area contributed by atoms with Crippen LogP contribution >= 0.6 is 0 Å². The molecule has 0 spiro atoms.